The average molecular weight is 1130 g/mol. The van der Waals surface area contributed by atoms with E-state index in [1.165, 1.54) is 13.8 Å². The Labute approximate surface area is 457 Å². The number of carboxylic acid groups (broad SMARTS) is 1. The van der Waals surface area contributed by atoms with Gasteiger partial charge < -0.3 is 109 Å². The summed E-state index contributed by atoms with van der Waals surface area (Å²) in [5.74, 6) is -4.51. The van der Waals surface area contributed by atoms with Crippen molar-refractivity contribution in [3.63, 3.8) is 0 Å². The van der Waals surface area contributed by atoms with Gasteiger partial charge in [-0.1, -0.05) is 46.3 Å². The zero-order valence-electron chi connectivity index (χ0n) is 46.0. The van der Waals surface area contributed by atoms with Gasteiger partial charge in [-0.25, -0.2) is 0 Å². The van der Waals surface area contributed by atoms with Crippen molar-refractivity contribution in [3.8, 4) is 0 Å². The zero-order valence-corrected chi connectivity index (χ0v) is 46.0. The van der Waals surface area contributed by atoms with Gasteiger partial charge >= 0.3 is 17.9 Å². The van der Waals surface area contributed by atoms with Crippen molar-refractivity contribution < 1.29 is 123 Å². The van der Waals surface area contributed by atoms with Gasteiger partial charge in [-0.2, -0.15) is 0 Å². The van der Waals surface area contributed by atoms with Gasteiger partial charge in [0.25, 0.3) is 0 Å². The molecule has 25 heteroatoms. The molecule has 8 fully saturated rings. The zero-order chi connectivity index (χ0) is 58.1. The van der Waals surface area contributed by atoms with Gasteiger partial charge in [-0.15, -0.1) is 0 Å². The number of aliphatic hydroxyl groups excluding tert-OH is 11. The third kappa shape index (κ3) is 9.63. The third-order valence-electron chi connectivity index (χ3n) is 21.1. The molecule has 9 rings (SSSR count). The summed E-state index contributed by atoms with van der Waals surface area (Å²) in [6.07, 6.45) is -26.4. The van der Waals surface area contributed by atoms with E-state index in [1.807, 2.05) is 6.92 Å². The Kier molecular flexibility index (Phi) is 16.6. The molecule has 0 amide bonds. The van der Waals surface area contributed by atoms with E-state index in [9.17, 15) is 76.0 Å². The highest BCUT2D eigenvalue weighted by Gasteiger charge is 2.74. The lowest BCUT2D eigenvalue weighted by molar-refractivity contribution is -0.362. The number of hydrogen-bond acceptors (Lipinski definition) is 24. The second-order valence-electron chi connectivity index (χ2n) is 26.1. The van der Waals surface area contributed by atoms with Crippen LogP contribution in [-0.4, -0.2) is 233 Å². The van der Waals surface area contributed by atoms with Crippen LogP contribution in [-0.2, 0) is 57.0 Å². The Morgan fingerprint density at radius 2 is 1.37 bits per heavy atom. The highest BCUT2D eigenvalue weighted by molar-refractivity contribution is 5.80. The number of aliphatic hydroxyl groups is 12. The Morgan fingerprint density at radius 3 is 2.00 bits per heavy atom. The number of ether oxygens (including phenoxy) is 9. The van der Waals surface area contributed by atoms with Crippen molar-refractivity contribution in [2.24, 2.45) is 50.2 Å². The summed E-state index contributed by atoms with van der Waals surface area (Å²) in [5.41, 5.74) is -7.33. The number of hydrogen-bond donors (Lipinski definition) is 13. The van der Waals surface area contributed by atoms with Crippen LogP contribution in [0.4, 0.5) is 0 Å². The molecule has 0 aromatic heterocycles. The summed E-state index contributed by atoms with van der Waals surface area (Å²) in [5, 5.41) is 144. The molecule has 0 radical (unpaired) electrons. The smallest absolute Gasteiger partial charge is 0.317 e. The normalized spacial score (nSPS) is 53.3. The average Bonchev–Trinajstić information content (AvgIpc) is 3.67. The predicted octanol–water partition coefficient (Wildman–Crippen LogP) is -2.15. The topological polar surface area (TPSA) is 397 Å². The molecule has 0 bridgehead atoms. The molecule has 4 saturated heterocycles. The van der Waals surface area contributed by atoms with E-state index in [1.54, 1.807) is 0 Å². The first-order valence-electron chi connectivity index (χ1n) is 27.7. The first-order chi connectivity index (χ1) is 36.8. The molecule has 28 atom stereocenters. The number of rotatable bonds is 12. The van der Waals surface area contributed by atoms with Crippen LogP contribution in [0.1, 0.15) is 107 Å². The Hall–Kier alpha value is -2.61. The molecule has 9 aliphatic rings. The van der Waals surface area contributed by atoms with E-state index in [4.69, 9.17) is 42.6 Å². The summed E-state index contributed by atoms with van der Waals surface area (Å²) in [6, 6.07) is 0. The molecule has 4 saturated carbocycles. The second kappa shape index (κ2) is 21.5. The highest BCUT2D eigenvalue weighted by Crippen LogP contribution is 2.76. The fourth-order valence-corrected chi connectivity index (χ4v) is 16.4. The van der Waals surface area contributed by atoms with Crippen molar-refractivity contribution in [1.29, 1.82) is 0 Å². The van der Waals surface area contributed by atoms with Crippen molar-refractivity contribution in [3.05, 3.63) is 11.6 Å². The molecule has 4 heterocycles. The maximum Gasteiger partial charge on any atom is 0.317 e. The van der Waals surface area contributed by atoms with Crippen LogP contribution in [0.25, 0.3) is 0 Å². The quantitative estimate of drug-likeness (QED) is 0.0563. The van der Waals surface area contributed by atoms with Crippen LogP contribution in [0.2, 0.25) is 0 Å². The molecule has 0 spiro atoms. The maximum absolute atomic E-state index is 15.4. The lowest BCUT2D eigenvalue weighted by Crippen LogP contribution is -2.71. The molecular formula is C54H84O25. The van der Waals surface area contributed by atoms with E-state index in [-0.39, 0.29) is 30.6 Å². The van der Waals surface area contributed by atoms with Crippen molar-refractivity contribution >= 4 is 17.9 Å². The van der Waals surface area contributed by atoms with Gasteiger partial charge in [0.2, 0.25) is 6.29 Å². The number of fused-ring (bicyclic) bond motifs is 7. The van der Waals surface area contributed by atoms with Gasteiger partial charge in [0.15, 0.2) is 31.1 Å². The van der Waals surface area contributed by atoms with E-state index in [0.29, 0.717) is 32.1 Å². The SMILES string of the molecule is CC(=O)O[C@@H]1[C@@H](O[C@@H]2OC[C@](O)(CO)[C@H]2O)[C@@H](O)[C@H](O[C@@H]2[C@H](OC(=O)[C@]34CCC(C)(C)C[C@H]3C3=CC[C@@H]5[C@@]6(C)C[C@H](O)[C@H](O[C@@H]7O[C@H](CO)[C@@H](O)[C@H](O)[C@H]7O)[C@@](C)(C(=O)O)[C@@H]6CC[C@@]5(C)[C@]3(C)C[C@H]4O)OC[C@@H](O)[C@H]2O)O[C@H]1C. The molecule has 0 aromatic rings. The molecular weight excluding hydrogens is 1050 g/mol. The van der Waals surface area contributed by atoms with Crippen LogP contribution in [0.3, 0.4) is 0 Å². The van der Waals surface area contributed by atoms with Crippen LogP contribution in [0.15, 0.2) is 11.6 Å². The first-order valence-corrected chi connectivity index (χ1v) is 27.7. The van der Waals surface area contributed by atoms with Gasteiger partial charge in [-0.05, 0) is 105 Å². The van der Waals surface area contributed by atoms with E-state index >= 15 is 4.79 Å². The van der Waals surface area contributed by atoms with Crippen LogP contribution in [0, 0.1) is 50.2 Å². The molecule has 4 aliphatic heterocycles. The monoisotopic (exact) mass is 1130 g/mol. The van der Waals surface area contributed by atoms with Crippen molar-refractivity contribution in [1.82, 2.24) is 0 Å². The summed E-state index contributed by atoms with van der Waals surface area (Å²) in [6.45, 7) is 11.7. The molecule has 450 valence electrons. The van der Waals surface area contributed by atoms with Crippen LogP contribution >= 0.6 is 0 Å². The molecule has 13 N–H and O–H groups in total. The predicted molar refractivity (Wildman–Crippen MR) is 264 cm³/mol. The summed E-state index contributed by atoms with van der Waals surface area (Å²) in [7, 11) is 0. The molecule has 79 heavy (non-hydrogen) atoms. The van der Waals surface area contributed by atoms with E-state index in [2.05, 4.69) is 33.8 Å². The summed E-state index contributed by atoms with van der Waals surface area (Å²) in [4.78, 5) is 41.4. The largest absolute Gasteiger partial charge is 0.481 e. The number of carbonyl (C=O) groups is 3. The standard InChI is InChI=1S/C54H84O25/c1-22-37(74-23(2)57)38(76-45-40(66)53(70,20-56)21-72-45)36(65)43(73-22)77-39-32(61)27(59)19-71-44(39)79-47(69)54-14-13-48(3,4)15-25(54)24-9-10-29-49(5)16-26(58)41(78-42-35(64)34(63)33(62)28(18-55)75-42)52(8,46(67)68)30(49)11-12-50(29,6)51(24,7)17-31(54)60/h9,22,25-45,55-56,58-66,70H,10-21H2,1-8H3,(H,67,68)/t22-,25-,26-,27+,28+,29+,30+,31+,32+,33+,34-,35+,36+,37-,38-,39-,40-,41-,42-,43-,44-,45-,49+,50+,51+,52-,53+,54+/m0/s1. The number of carbonyl (C=O) groups excluding carboxylic acids is 2. The lowest BCUT2D eigenvalue weighted by atomic mass is 9.33. The molecule has 0 aromatic carbocycles. The minimum Gasteiger partial charge on any atom is -0.481 e. The minimum absolute atomic E-state index is 0.0535. The van der Waals surface area contributed by atoms with Crippen molar-refractivity contribution in [2.45, 2.75) is 229 Å². The molecule has 0 unspecified atom stereocenters. The fraction of sp³-hybridized carbons (Fsp3) is 0.907. The maximum atomic E-state index is 15.4. The highest BCUT2D eigenvalue weighted by atomic mass is 16.8. The number of esters is 2. The lowest BCUT2D eigenvalue weighted by Gasteiger charge is -2.71. The molecule has 5 aliphatic carbocycles. The fourth-order valence-electron chi connectivity index (χ4n) is 16.4. The number of carboxylic acids is 1. The summed E-state index contributed by atoms with van der Waals surface area (Å²) >= 11 is 0. The Morgan fingerprint density at radius 1 is 0.696 bits per heavy atom. The van der Waals surface area contributed by atoms with Crippen molar-refractivity contribution in [2.75, 3.05) is 26.4 Å². The van der Waals surface area contributed by atoms with Gasteiger partial charge in [-0.3, -0.25) is 14.4 Å². The third-order valence-corrected chi connectivity index (χ3v) is 21.1. The molecule has 25 nitrogen and oxygen atoms in total. The van der Waals surface area contributed by atoms with Gasteiger partial charge in [0.05, 0.1) is 50.2 Å². The Bertz CT molecular complexity index is 2300. The van der Waals surface area contributed by atoms with E-state index < -0.39 is 206 Å². The first kappa shape index (κ1) is 61.0. The van der Waals surface area contributed by atoms with Crippen LogP contribution < -0.4 is 0 Å². The summed E-state index contributed by atoms with van der Waals surface area (Å²) < 4.78 is 52.9. The van der Waals surface area contributed by atoms with Gasteiger partial charge in [0, 0.05) is 6.92 Å². The number of allylic oxidation sites excluding steroid dienone is 2. The minimum atomic E-state index is -2.13. The van der Waals surface area contributed by atoms with Gasteiger partial charge in [0.1, 0.15) is 72.1 Å². The Balaban J connectivity index is 0.993. The second-order valence-corrected chi connectivity index (χ2v) is 26.1. The van der Waals surface area contributed by atoms with E-state index in [0.717, 1.165) is 12.5 Å². The van der Waals surface area contributed by atoms with Crippen LogP contribution in [0.5, 0.6) is 0 Å². The number of aliphatic carboxylic acids is 1.